The first-order chi connectivity index (χ1) is 8.56. The molecule has 6 heteroatoms. The van der Waals surface area contributed by atoms with Crippen LogP contribution in [-0.2, 0) is 11.3 Å². The van der Waals surface area contributed by atoms with E-state index in [9.17, 15) is 9.18 Å². The molecule has 2 rings (SSSR count). The van der Waals surface area contributed by atoms with Crippen molar-refractivity contribution in [3.05, 3.63) is 45.7 Å². The molecule has 0 atom stereocenters. The van der Waals surface area contributed by atoms with Crippen molar-refractivity contribution in [2.45, 2.75) is 13.5 Å². The van der Waals surface area contributed by atoms with E-state index in [1.165, 1.54) is 23.5 Å². The molecule has 0 aliphatic rings. The zero-order valence-corrected chi connectivity index (χ0v) is 10.5. The Bertz CT molecular complexity index is 583. The first-order valence-corrected chi connectivity index (χ1v) is 6.07. The molecular formula is C12H11FN2O2S. The lowest BCUT2D eigenvalue weighted by atomic mass is 10.2. The van der Waals surface area contributed by atoms with E-state index >= 15 is 0 Å². The SMILES string of the molecule is Cc1nc(COC(=O)c2cc(F)ccc2N)cs1. The van der Waals surface area contributed by atoms with Gasteiger partial charge in [-0.2, -0.15) is 0 Å². The maximum atomic E-state index is 13.0. The summed E-state index contributed by atoms with van der Waals surface area (Å²) in [5, 5.41) is 2.70. The normalized spacial score (nSPS) is 10.3. The van der Waals surface area contributed by atoms with Crippen molar-refractivity contribution >= 4 is 23.0 Å². The first kappa shape index (κ1) is 12.5. The molecule has 0 saturated heterocycles. The lowest BCUT2D eigenvalue weighted by Gasteiger charge is -2.05. The lowest BCUT2D eigenvalue weighted by Crippen LogP contribution is -2.09. The van der Waals surface area contributed by atoms with E-state index in [1.54, 1.807) is 5.38 Å². The van der Waals surface area contributed by atoms with Gasteiger partial charge < -0.3 is 10.5 Å². The van der Waals surface area contributed by atoms with Crippen LogP contribution in [0.25, 0.3) is 0 Å². The van der Waals surface area contributed by atoms with Gasteiger partial charge in [0.1, 0.15) is 12.4 Å². The van der Waals surface area contributed by atoms with E-state index < -0.39 is 11.8 Å². The van der Waals surface area contributed by atoms with Crippen LogP contribution < -0.4 is 5.73 Å². The highest BCUT2D eigenvalue weighted by Gasteiger charge is 2.13. The summed E-state index contributed by atoms with van der Waals surface area (Å²) in [5.41, 5.74) is 6.47. The number of aryl methyl sites for hydroxylation is 1. The average molecular weight is 266 g/mol. The molecule has 0 amide bonds. The number of carbonyl (C=O) groups is 1. The van der Waals surface area contributed by atoms with Crippen LogP contribution in [0, 0.1) is 12.7 Å². The molecule has 1 heterocycles. The van der Waals surface area contributed by atoms with Gasteiger partial charge in [-0.25, -0.2) is 14.2 Å². The Hall–Kier alpha value is -1.95. The summed E-state index contributed by atoms with van der Waals surface area (Å²) in [6.07, 6.45) is 0. The molecule has 2 aromatic rings. The van der Waals surface area contributed by atoms with Crippen molar-refractivity contribution in [2.24, 2.45) is 0 Å². The van der Waals surface area contributed by atoms with Gasteiger partial charge in [-0.1, -0.05) is 0 Å². The molecular weight excluding hydrogens is 255 g/mol. The molecule has 1 aromatic carbocycles. The molecule has 0 saturated carbocycles. The van der Waals surface area contributed by atoms with E-state index in [4.69, 9.17) is 10.5 Å². The molecule has 4 nitrogen and oxygen atoms in total. The second-order valence-corrected chi connectivity index (χ2v) is 4.73. The van der Waals surface area contributed by atoms with Gasteiger partial charge in [0.25, 0.3) is 0 Å². The summed E-state index contributed by atoms with van der Waals surface area (Å²) < 4.78 is 18.0. The van der Waals surface area contributed by atoms with Crippen LogP contribution in [0.4, 0.5) is 10.1 Å². The highest BCUT2D eigenvalue weighted by atomic mass is 32.1. The number of halogens is 1. The fourth-order valence-electron chi connectivity index (χ4n) is 1.40. The van der Waals surface area contributed by atoms with Gasteiger partial charge in [-0.05, 0) is 25.1 Å². The third-order valence-electron chi connectivity index (χ3n) is 2.25. The Balaban J connectivity index is 2.05. The first-order valence-electron chi connectivity index (χ1n) is 5.19. The number of nitrogens with zero attached hydrogens (tertiary/aromatic N) is 1. The van der Waals surface area contributed by atoms with Gasteiger partial charge >= 0.3 is 5.97 Å². The zero-order chi connectivity index (χ0) is 13.1. The van der Waals surface area contributed by atoms with Crippen LogP contribution in [0.5, 0.6) is 0 Å². The van der Waals surface area contributed by atoms with Crippen LogP contribution in [0.1, 0.15) is 21.1 Å². The predicted octanol–water partition coefficient (Wildman–Crippen LogP) is 2.53. The number of esters is 1. The number of benzene rings is 1. The standard InChI is InChI=1S/C12H11FN2O2S/c1-7-15-9(6-18-7)5-17-12(16)10-4-8(13)2-3-11(10)14/h2-4,6H,5,14H2,1H3. The molecule has 1 aromatic heterocycles. The molecule has 94 valence electrons. The number of rotatable bonds is 3. The average Bonchev–Trinajstić information content (AvgIpc) is 2.75. The lowest BCUT2D eigenvalue weighted by molar-refractivity contribution is 0.0469. The van der Waals surface area contributed by atoms with E-state index in [0.29, 0.717) is 5.69 Å². The Morgan fingerprint density at radius 2 is 2.33 bits per heavy atom. The molecule has 0 aliphatic heterocycles. The summed E-state index contributed by atoms with van der Waals surface area (Å²) in [6, 6.07) is 3.58. The number of ether oxygens (including phenoxy) is 1. The number of aromatic nitrogens is 1. The molecule has 0 radical (unpaired) electrons. The topological polar surface area (TPSA) is 65.2 Å². The molecule has 0 fully saturated rings. The number of carbonyl (C=O) groups excluding carboxylic acids is 1. The predicted molar refractivity (Wildman–Crippen MR) is 66.8 cm³/mol. The van der Waals surface area contributed by atoms with E-state index in [2.05, 4.69) is 4.98 Å². The Morgan fingerprint density at radius 3 is 3.00 bits per heavy atom. The summed E-state index contributed by atoms with van der Waals surface area (Å²) in [4.78, 5) is 15.9. The summed E-state index contributed by atoms with van der Waals surface area (Å²) in [5.74, 6) is -1.18. The van der Waals surface area contributed by atoms with Crippen LogP contribution >= 0.6 is 11.3 Å². The summed E-state index contributed by atoms with van der Waals surface area (Å²) >= 11 is 1.47. The number of hydrogen-bond donors (Lipinski definition) is 1. The highest BCUT2D eigenvalue weighted by molar-refractivity contribution is 7.09. The van der Waals surface area contributed by atoms with Gasteiger partial charge in [0.15, 0.2) is 0 Å². The van der Waals surface area contributed by atoms with Crippen LogP contribution in [-0.4, -0.2) is 11.0 Å². The fraction of sp³-hybridized carbons (Fsp3) is 0.167. The Morgan fingerprint density at radius 1 is 1.56 bits per heavy atom. The molecule has 18 heavy (non-hydrogen) atoms. The largest absolute Gasteiger partial charge is 0.455 e. The highest BCUT2D eigenvalue weighted by Crippen LogP contribution is 2.16. The third-order valence-corrected chi connectivity index (χ3v) is 3.08. The molecule has 0 aliphatic carbocycles. The quantitative estimate of drug-likeness (QED) is 0.685. The molecule has 0 unspecified atom stereocenters. The smallest absolute Gasteiger partial charge is 0.340 e. The minimum Gasteiger partial charge on any atom is -0.455 e. The van der Waals surface area contributed by atoms with Crippen molar-refractivity contribution in [1.29, 1.82) is 0 Å². The summed E-state index contributed by atoms with van der Waals surface area (Å²) in [6.45, 7) is 1.92. The van der Waals surface area contributed by atoms with Crippen molar-refractivity contribution < 1.29 is 13.9 Å². The van der Waals surface area contributed by atoms with Gasteiger partial charge in [-0.3, -0.25) is 0 Å². The third kappa shape index (κ3) is 2.84. The molecule has 2 N–H and O–H groups in total. The van der Waals surface area contributed by atoms with Crippen molar-refractivity contribution in [3.63, 3.8) is 0 Å². The second kappa shape index (κ2) is 5.14. The minimum absolute atomic E-state index is 0.0296. The number of nitrogens with two attached hydrogens (primary N) is 1. The maximum Gasteiger partial charge on any atom is 0.340 e. The Kier molecular flexibility index (Phi) is 3.57. The molecule has 0 bridgehead atoms. The number of hydrogen-bond acceptors (Lipinski definition) is 5. The van der Waals surface area contributed by atoms with Crippen molar-refractivity contribution in [2.75, 3.05) is 5.73 Å². The van der Waals surface area contributed by atoms with E-state index in [0.717, 1.165) is 11.1 Å². The van der Waals surface area contributed by atoms with Gasteiger partial charge in [0.2, 0.25) is 0 Å². The summed E-state index contributed by atoms with van der Waals surface area (Å²) in [7, 11) is 0. The number of anilines is 1. The minimum atomic E-state index is -0.655. The van der Waals surface area contributed by atoms with E-state index in [1.807, 2.05) is 6.92 Å². The zero-order valence-electron chi connectivity index (χ0n) is 9.64. The van der Waals surface area contributed by atoms with Crippen LogP contribution in [0.15, 0.2) is 23.6 Å². The number of thiazole rings is 1. The fourth-order valence-corrected chi connectivity index (χ4v) is 1.99. The van der Waals surface area contributed by atoms with Crippen LogP contribution in [0.3, 0.4) is 0 Å². The molecule has 0 spiro atoms. The van der Waals surface area contributed by atoms with Gasteiger partial charge in [0.05, 0.1) is 16.3 Å². The van der Waals surface area contributed by atoms with Gasteiger partial charge in [0, 0.05) is 11.1 Å². The Labute approximate surface area is 107 Å². The second-order valence-electron chi connectivity index (χ2n) is 3.67. The van der Waals surface area contributed by atoms with Crippen molar-refractivity contribution in [3.8, 4) is 0 Å². The number of nitrogen functional groups attached to an aromatic ring is 1. The maximum absolute atomic E-state index is 13.0. The van der Waals surface area contributed by atoms with Crippen molar-refractivity contribution in [1.82, 2.24) is 4.98 Å². The van der Waals surface area contributed by atoms with E-state index in [-0.39, 0.29) is 17.9 Å². The van der Waals surface area contributed by atoms with Crippen LogP contribution in [0.2, 0.25) is 0 Å². The monoisotopic (exact) mass is 266 g/mol. The van der Waals surface area contributed by atoms with Gasteiger partial charge in [-0.15, -0.1) is 11.3 Å².